The Morgan fingerprint density at radius 3 is 2.52 bits per heavy atom. The van der Waals surface area contributed by atoms with E-state index in [1.807, 2.05) is 18.2 Å². The molecule has 2 aromatic rings. The molecule has 0 spiro atoms. The van der Waals surface area contributed by atoms with Crippen molar-refractivity contribution in [1.82, 2.24) is 9.40 Å². The van der Waals surface area contributed by atoms with Gasteiger partial charge in [-0.15, -0.1) is 0 Å². The molecule has 4 saturated carbocycles. The van der Waals surface area contributed by atoms with E-state index >= 15 is 0 Å². The van der Waals surface area contributed by atoms with Gasteiger partial charge in [-0.05, 0) is 80.8 Å². The Morgan fingerprint density at radius 2 is 1.90 bits per heavy atom. The van der Waals surface area contributed by atoms with Gasteiger partial charge in [0.15, 0.2) is 5.78 Å². The standard InChI is InChI=1S/C22H23N3O3S/c1-21(6-7-21)24-29-14-4-5-15-16(8-14)19(27)25(11-17(15)18(26)12-2-3-12)23-20(28)22-9-13(22)10-22/h4-5,8,11-13,24H,2-3,6-7,9-10H2,1H3,(H,23,28). The summed E-state index contributed by atoms with van der Waals surface area (Å²) in [6.45, 7) is 2.18. The number of nitrogens with one attached hydrogen (secondary N) is 2. The molecule has 150 valence electrons. The molecule has 4 aliphatic carbocycles. The molecule has 1 aromatic carbocycles. The maximum atomic E-state index is 13.2. The maximum Gasteiger partial charge on any atom is 0.277 e. The van der Waals surface area contributed by atoms with Crippen molar-refractivity contribution < 1.29 is 9.59 Å². The zero-order valence-corrected chi connectivity index (χ0v) is 17.1. The topological polar surface area (TPSA) is 80.2 Å². The van der Waals surface area contributed by atoms with E-state index in [0.717, 1.165) is 43.4 Å². The van der Waals surface area contributed by atoms with E-state index in [0.29, 0.717) is 22.3 Å². The molecule has 0 bridgehead atoms. The number of Topliss-reactive ketones (excluding diaryl/α,β-unsaturated/α-hetero) is 1. The van der Waals surface area contributed by atoms with E-state index < -0.39 is 0 Å². The monoisotopic (exact) mass is 409 g/mol. The predicted molar refractivity (Wildman–Crippen MR) is 111 cm³/mol. The number of rotatable bonds is 7. The molecule has 6 nitrogen and oxygen atoms in total. The molecule has 0 unspecified atom stereocenters. The van der Waals surface area contributed by atoms with Crippen LogP contribution in [0.15, 0.2) is 34.1 Å². The highest BCUT2D eigenvalue weighted by Crippen LogP contribution is 2.75. The fourth-order valence-electron chi connectivity index (χ4n) is 4.00. The largest absolute Gasteiger partial charge is 0.294 e. The van der Waals surface area contributed by atoms with Crippen molar-refractivity contribution >= 4 is 34.4 Å². The van der Waals surface area contributed by atoms with E-state index in [2.05, 4.69) is 17.1 Å². The Morgan fingerprint density at radius 1 is 1.17 bits per heavy atom. The summed E-state index contributed by atoms with van der Waals surface area (Å²) in [5, 5.41) is 1.15. The minimum atomic E-state index is -0.282. The van der Waals surface area contributed by atoms with Crippen LogP contribution in [0.4, 0.5) is 0 Å². The molecule has 7 heteroatoms. The normalized spacial score (nSPS) is 28.0. The lowest BCUT2D eigenvalue weighted by Gasteiger charge is -2.15. The van der Waals surface area contributed by atoms with Crippen molar-refractivity contribution in [2.75, 3.05) is 5.43 Å². The van der Waals surface area contributed by atoms with Crippen LogP contribution in [0.3, 0.4) is 0 Å². The summed E-state index contributed by atoms with van der Waals surface area (Å²) in [7, 11) is 0. The number of fused-ring (bicyclic) bond motifs is 2. The van der Waals surface area contributed by atoms with Crippen molar-refractivity contribution in [3.8, 4) is 0 Å². The lowest BCUT2D eigenvalue weighted by Crippen LogP contribution is -2.36. The average Bonchev–Trinajstić information content (AvgIpc) is 3.53. The number of carbonyl (C=O) groups is 2. The number of ketones is 1. The number of aromatic nitrogens is 1. The summed E-state index contributed by atoms with van der Waals surface area (Å²) in [4.78, 5) is 39.6. The van der Waals surface area contributed by atoms with Gasteiger partial charge in [0.05, 0.1) is 10.8 Å². The van der Waals surface area contributed by atoms with Gasteiger partial charge in [-0.2, -0.15) is 0 Å². The number of carbonyl (C=O) groups excluding carboxylic acids is 2. The van der Waals surface area contributed by atoms with Gasteiger partial charge in [0.1, 0.15) is 0 Å². The first kappa shape index (κ1) is 17.7. The van der Waals surface area contributed by atoms with Crippen LogP contribution in [0, 0.1) is 17.3 Å². The van der Waals surface area contributed by atoms with Crippen LogP contribution in [0.2, 0.25) is 0 Å². The molecule has 2 N–H and O–H groups in total. The average molecular weight is 410 g/mol. The van der Waals surface area contributed by atoms with Crippen molar-refractivity contribution in [1.29, 1.82) is 0 Å². The fourth-order valence-corrected chi connectivity index (χ4v) is 4.88. The van der Waals surface area contributed by atoms with Crippen molar-refractivity contribution in [3.63, 3.8) is 0 Å². The van der Waals surface area contributed by atoms with Gasteiger partial charge in [0.2, 0.25) is 5.91 Å². The van der Waals surface area contributed by atoms with Crippen LogP contribution in [-0.2, 0) is 4.79 Å². The number of amides is 1. The minimum absolute atomic E-state index is 0.0419. The van der Waals surface area contributed by atoms with Crippen LogP contribution >= 0.6 is 11.9 Å². The molecule has 0 atom stereocenters. The summed E-state index contributed by atoms with van der Waals surface area (Å²) in [5.41, 5.74) is 2.95. The lowest BCUT2D eigenvalue weighted by molar-refractivity contribution is -0.120. The number of hydrogen-bond acceptors (Lipinski definition) is 5. The van der Waals surface area contributed by atoms with Gasteiger partial charge < -0.3 is 0 Å². The molecular formula is C22H23N3O3S. The van der Waals surface area contributed by atoms with Crippen LogP contribution in [-0.4, -0.2) is 21.9 Å². The zero-order chi connectivity index (χ0) is 20.0. The Balaban J connectivity index is 1.40. The van der Waals surface area contributed by atoms with Crippen LogP contribution in [0.5, 0.6) is 0 Å². The van der Waals surface area contributed by atoms with Crippen LogP contribution < -0.4 is 15.7 Å². The van der Waals surface area contributed by atoms with Crippen LogP contribution in [0.1, 0.15) is 55.8 Å². The smallest absolute Gasteiger partial charge is 0.277 e. The molecule has 29 heavy (non-hydrogen) atoms. The van der Waals surface area contributed by atoms with E-state index in [1.165, 1.54) is 22.8 Å². The summed E-state index contributed by atoms with van der Waals surface area (Å²) >= 11 is 1.52. The number of benzene rings is 1. The molecule has 1 heterocycles. The minimum Gasteiger partial charge on any atom is -0.294 e. The van der Waals surface area contributed by atoms with Gasteiger partial charge in [-0.3, -0.25) is 24.5 Å². The van der Waals surface area contributed by atoms with Crippen molar-refractivity contribution in [2.45, 2.75) is 55.9 Å². The summed E-state index contributed by atoms with van der Waals surface area (Å²) in [6, 6.07) is 5.66. The summed E-state index contributed by atoms with van der Waals surface area (Å²) in [6.07, 6.45) is 7.46. The Kier molecular flexibility index (Phi) is 3.50. The molecule has 0 aliphatic heterocycles. The van der Waals surface area contributed by atoms with Gasteiger partial charge >= 0.3 is 0 Å². The third kappa shape index (κ3) is 2.94. The highest BCUT2D eigenvalue weighted by Gasteiger charge is 2.74. The molecule has 0 saturated heterocycles. The van der Waals surface area contributed by atoms with Crippen LogP contribution in [0.25, 0.3) is 10.8 Å². The van der Waals surface area contributed by atoms with Gasteiger partial charge in [-0.25, -0.2) is 4.68 Å². The first-order valence-corrected chi connectivity index (χ1v) is 11.2. The van der Waals surface area contributed by atoms with Gasteiger partial charge in [0.25, 0.3) is 5.56 Å². The number of hydrogen-bond donors (Lipinski definition) is 2. The highest BCUT2D eigenvalue weighted by molar-refractivity contribution is 7.97. The molecule has 4 aliphatic rings. The highest BCUT2D eigenvalue weighted by atomic mass is 32.2. The number of nitrogens with zero attached hydrogens (tertiary/aromatic N) is 1. The van der Waals surface area contributed by atoms with E-state index in [9.17, 15) is 14.4 Å². The lowest BCUT2D eigenvalue weighted by atomic mass is 10.0. The summed E-state index contributed by atoms with van der Waals surface area (Å²) in [5.74, 6) is 0.503. The zero-order valence-electron chi connectivity index (χ0n) is 16.3. The first-order valence-electron chi connectivity index (χ1n) is 10.4. The quantitative estimate of drug-likeness (QED) is 0.542. The molecule has 1 amide bonds. The third-order valence-corrected chi connectivity index (χ3v) is 8.06. The SMILES string of the molecule is CC1(NSc2ccc3c(C(=O)C4CC4)cn(NC(=O)C45CC4C5)c(=O)c3c2)CC1. The Bertz CT molecular complexity index is 1140. The van der Waals surface area contributed by atoms with Crippen molar-refractivity contribution in [2.24, 2.45) is 17.3 Å². The van der Waals surface area contributed by atoms with E-state index in [1.54, 1.807) is 0 Å². The third-order valence-electron chi connectivity index (χ3n) is 6.97. The molecule has 6 rings (SSSR count). The molecular weight excluding hydrogens is 386 g/mol. The molecule has 0 radical (unpaired) electrons. The number of pyridine rings is 1. The predicted octanol–water partition coefficient (Wildman–Crippen LogP) is 3.22. The second-order valence-electron chi connectivity index (χ2n) is 9.53. The molecule has 4 fully saturated rings. The Labute approximate surface area is 172 Å². The maximum absolute atomic E-state index is 13.2. The Hall–Kier alpha value is -2.12. The van der Waals surface area contributed by atoms with Gasteiger partial charge in [-0.1, -0.05) is 6.07 Å². The van der Waals surface area contributed by atoms with E-state index in [4.69, 9.17) is 0 Å². The van der Waals surface area contributed by atoms with Crippen molar-refractivity contribution in [3.05, 3.63) is 40.3 Å². The fraction of sp³-hybridized carbons (Fsp3) is 0.500. The van der Waals surface area contributed by atoms with E-state index in [-0.39, 0.29) is 34.1 Å². The second kappa shape index (κ2) is 5.73. The first-order chi connectivity index (χ1) is 13.9. The van der Waals surface area contributed by atoms with Gasteiger partial charge in [0, 0.05) is 28.1 Å². The molecule has 1 aromatic heterocycles. The summed E-state index contributed by atoms with van der Waals surface area (Å²) < 4.78 is 4.69. The second-order valence-corrected chi connectivity index (χ2v) is 10.4.